The highest BCUT2D eigenvalue weighted by Gasteiger charge is 2.13. The maximum atomic E-state index is 11.9. The first kappa shape index (κ1) is 14.8. The molecular weight excluding hydrogens is 272 g/mol. The number of carbonyl (C=O) groups excluding carboxylic acids is 1. The number of aromatic amines is 1. The third-order valence-corrected chi connectivity index (χ3v) is 2.90. The lowest BCUT2D eigenvalue weighted by Crippen LogP contribution is -2.22. The molecule has 0 atom stereocenters. The minimum Gasteiger partial charge on any atom is -0.496 e. The van der Waals surface area contributed by atoms with Gasteiger partial charge in [0.2, 0.25) is 0 Å². The predicted octanol–water partition coefficient (Wildman–Crippen LogP) is 1.55. The standard InChI is InChI=1S/C15H16N2O4/c1-3-21-15(19)11-9-16-13(17-14(11)18)8-10-6-4-5-7-12(10)20-2/h4-7,9H,3,8H2,1-2H3,(H,16,17,18). The van der Waals surface area contributed by atoms with Gasteiger partial charge in [-0.1, -0.05) is 18.2 Å². The summed E-state index contributed by atoms with van der Waals surface area (Å²) in [5.41, 5.74) is 0.293. The Morgan fingerprint density at radius 1 is 1.33 bits per heavy atom. The minimum absolute atomic E-state index is 0.0966. The summed E-state index contributed by atoms with van der Waals surface area (Å²) in [5.74, 6) is 0.502. The molecule has 6 nitrogen and oxygen atoms in total. The van der Waals surface area contributed by atoms with Gasteiger partial charge < -0.3 is 14.5 Å². The van der Waals surface area contributed by atoms with E-state index in [0.29, 0.717) is 12.2 Å². The summed E-state index contributed by atoms with van der Waals surface area (Å²) >= 11 is 0. The van der Waals surface area contributed by atoms with Crippen molar-refractivity contribution in [3.63, 3.8) is 0 Å². The molecule has 110 valence electrons. The van der Waals surface area contributed by atoms with Gasteiger partial charge in [0.25, 0.3) is 5.56 Å². The van der Waals surface area contributed by atoms with Crippen molar-refractivity contribution < 1.29 is 14.3 Å². The summed E-state index contributed by atoms with van der Waals surface area (Å²) in [7, 11) is 1.58. The van der Waals surface area contributed by atoms with Crippen molar-refractivity contribution in [3.05, 3.63) is 57.8 Å². The van der Waals surface area contributed by atoms with E-state index < -0.39 is 11.5 Å². The summed E-state index contributed by atoms with van der Waals surface area (Å²) in [6, 6.07) is 7.46. The number of aromatic nitrogens is 2. The number of methoxy groups -OCH3 is 1. The van der Waals surface area contributed by atoms with E-state index in [1.54, 1.807) is 14.0 Å². The fourth-order valence-corrected chi connectivity index (χ4v) is 1.91. The molecule has 1 heterocycles. The van der Waals surface area contributed by atoms with Crippen LogP contribution in [0.5, 0.6) is 5.75 Å². The molecule has 0 unspecified atom stereocenters. The molecule has 0 aliphatic carbocycles. The Hall–Kier alpha value is -2.63. The Morgan fingerprint density at radius 2 is 2.10 bits per heavy atom. The van der Waals surface area contributed by atoms with E-state index in [4.69, 9.17) is 9.47 Å². The van der Waals surface area contributed by atoms with Crippen molar-refractivity contribution in [3.8, 4) is 5.75 Å². The Bertz CT molecular complexity index is 694. The Morgan fingerprint density at radius 3 is 2.76 bits per heavy atom. The largest absolute Gasteiger partial charge is 0.496 e. The monoisotopic (exact) mass is 288 g/mol. The fourth-order valence-electron chi connectivity index (χ4n) is 1.91. The average Bonchev–Trinajstić information content (AvgIpc) is 2.48. The normalized spacial score (nSPS) is 10.2. The smallest absolute Gasteiger partial charge is 0.345 e. The summed E-state index contributed by atoms with van der Waals surface area (Å²) in [6.07, 6.45) is 1.64. The molecule has 0 bridgehead atoms. The van der Waals surface area contributed by atoms with E-state index in [-0.39, 0.29) is 12.2 Å². The maximum Gasteiger partial charge on any atom is 0.345 e. The second kappa shape index (κ2) is 6.69. The molecule has 1 aromatic heterocycles. The van der Waals surface area contributed by atoms with Crippen molar-refractivity contribution in [1.82, 2.24) is 9.97 Å². The quantitative estimate of drug-likeness (QED) is 0.844. The Labute approximate surface area is 121 Å². The number of nitrogens with one attached hydrogen (secondary N) is 1. The van der Waals surface area contributed by atoms with Crippen molar-refractivity contribution in [2.75, 3.05) is 13.7 Å². The minimum atomic E-state index is -0.671. The molecular formula is C15H16N2O4. The van der Waals surface area contributed by atoms with Gasteiger partial charge >= 0.3 is 5.97 Å². The van der Waals surface area contributed by atoms with E-state index in [1.165, 1.54) is 6.20 Å². The van der Waals surface area contributed by atoms with Crippen LogP contribution in [0.4, 0.5) is 0 Å². The summed E-state index contributed by atoms with van der Waals surface area (Å²) < 4.78 is 10.0. The summed E-state index contributed by atoms with van der Waals surface area (Å²) in [6.45, 7) is 1.89. The van der Waals surface area contributed by atoms with Gasteiger partial charge in [-0.2, -0.15) is 0 Å². The van der Waals surface area contributed by atoms with Crippen molar-refractivity contribution in [1.29, 1.82) is 0 Å². The molecule has 0 radical (unpaired) electrons. The molecule has 0 fully saturated rings. The van der Waals surface area contributed by atoms with Gasteiger partial charge in [-0.15, -0.1) is 0 Å². The highest BCUT2D eigenvalue weighted by molar-refractivity contribution is 5.88. The highest BCUT2D eigenvalue weighted by atomic mass is 16.5. The van der Waals surface area contributed by atoms with Crippen LogP contribution in [0.1, 0.15) is 28.7 Å². The SMILES string of the molecule is CCOC(=O)c1cnc(Cc2ccccc2OC)[nH]c1=O. The van der Waals surface area contributed by atoms with E-state index in [9.17, 15) is 9.59 Å². The molecule has 2 rings (SSSR count). The first-order valence-electron chi connectivity index (χ1n) is 6.53. The molecule has 2 aromatic rings. The van der Waals surface area contributed by atoms with Gasteiger partial charge in [0, 0.05) is 18.2 Å². The van der Waals surface area contributed by atoms with Gasteiger partial charge in [-0.25, -0.2) is 9.78 Å². The van der Waals surface area contributed by atoms with Crippen molar-refractivity contribution in [2.45, 2.75) is 13.3 Å². The molecule has 1 aromatic carbocycles. The topological polar surface area (TPSA) is 81.3 Å². The van der Waals surface area contributed by atoms with Crippen LogP contribution in [0.15, 0.2) is 35.3 Å². The number of hydrogen-bond donors (Lipinski definition) is 1. The summed E-state index contributed by atoms with van der Waals surface area (Å²) in [5, 5.41) is 0. The van der Waals surface area contributed by atoms with Crippen LogP contribution < -0.4 is 10.3 Å². The average molecular weight is 288 g/mol. The molecule has 21 heavy (non-hydrogen) atoms. The van der Waals surface area contributed by atoms with E-state index >= 15 is 0 Å². The number of para-hydroxylation sites is 1. The number of ether oxygens (including phenoxy) is 2. The van der Waals surface area contributed by atoms with Crippen LogP contribution in [0.25, 0.3) is 0 Å². The Kier molecular flexibility index (Phi) is 4.71. The zero-order valence-electron chi connectivity index (χ0n) is 11.9. The molecule has 0 spiro atoms. The number of carbonyl (C=O) groups is 1. The van der Waals surface area contributed by atoms with Crippen LogP contribution in [-0.2, 0) is 11.2 Å². The van der Waals surface area contributed by atoms with Crippen LogP contribution in [0, 0.1) is 0 Å². The van der Waals surface area contributed by atoms with Crippen LogP contribution in [0.2, 0.25) is 0 Å². The fraction of sp³-hybridized carbons (Fsp3) is 0.267. The lowest BCUT2D eigenvalue weighted by atomic mass is 10.1. The second-order valence-electron chi connectivity index (χ2n) is 4.28. The van der Waals surface area contributed by atoms with E-state index in [0.717, 1.165) is 11.3 Å². The molecule has 0 saturated heterocycles. The van der Waals surface area contributed by atoms with Crippen LogP contribution >= 0.6 is 0 Å². The predicted molar refractivity (Wildman–Crippen MR) is 76.6 cm³/mol. The molecule has 0 aliphatic heterocycles. The second-order valence-corrected chi connectivity index (χ2v) is 4.28. The number of esters is 1. The zero-order chi connectivity index (χ0) is 15.2. The first-order valence-corrected chi connectivity index (χ1v) is 6.53. The number of nitrogens with zero attached hydrogens (tertiary/aromatic N) is 1. The number of hydrogen-bond acceptors (Lipinski definition) is 5. The van der Waals surface area contributed by atoms with Crippen LogP contribution in [-0.4, -0.2) is 29.7 Å². The molecule has 6 heteroatoms. The number of rotatable bonds is 5. The lowest BCUT2D eigenvalue weighted by Gasteiger charge is -2.07. The lowest BCUT2D eigenvalue weighted by molar-refractivity contribution is 0.0523. The van der Waals surface area contributed by atoms with E-state index in [1.807, 2.05) is 24.3 Å². The third kappa shape index (κ3) is 3.47. The number of benzene rings is 1. The van der Waals surface area contributed by atoms with Crippen molar-refractivity contribution >= 4 is 5.97 Å². The van der Waals surface area contributed by atoms with Crippen molar-refractivity contribution in [2.24, 2.45) is 0 Å². The van der Waals surface area contributed by atoms with Gasteiger partial charge in [-0.3, -0.25) is 4.79 Å². The highest BCUT2D eigenvalue weighted by Crippen LogP contribution is 2.19. The zero-order valence-corrected chi connectivity index (χ0v) is 11.9. The Balaban J connectivity index is 2.25. The summed E-state index contributed by atoms with van der Waals surface area (Å²) in [4.78, 5) is 30.1. The van der Waals surface area contributed by atoms with Gasteiger partial charge in [0.1, 0.15) is 17.1 Å². The third-order valence-electron chi connectivity index (χ3n) is 2.90. The molecule has 0 saturated carbocycles. The molecule has 1 N–H and O–H groups in total. The maximum absolute atomic E-state index is 11.9. The number of H-pyrrole nitrogens is 1. The van der Waals surface area contributed by atoms with E-state index in [2.05, 4.69) is 9.97 Å². The van der Waals surface area contributed by atoms with Gasteiger partial charge in [0.15, 0.2) is 0 Å². The van der Waals surface area contributed by atoms with Gasteiger partial charge in [-0.05, 0) is 13.0 Å². The molecule has 0 aliphatic rings. The van der Waals surface area contributed by atoms with Crippen LogP contribution in [0.3, 0.4) is 0 Å². The molecule has 0 amide bonds. The van der Waals surface area contributed by atoms with Gasteiger partial charge in [0.05, 0.1) is 13.7 Å². The first-order chi connectivity index (χ1) is 10.2.